The molecule has 0 spiro atoms. The van der Waals surface area contributed by atoms with Crippen molar-refractivity contribution in [1.82, 2.24) is 5.32 Å². The maximum atomic E-state index is 12.1. The number of hydrogen-bond donors (Lipinski definition) is 1. The van der Waals surface area contributed by atoms with Crippen LogP contribution in [-0.2, 0) is 19.4 Å². The fourth-order valence-corrected chi connectivity index (χ4v) is 4.47. The average Bonchev–Trinajstić information content (AvgIpc) is 2.83. The van der Waals surface area contributed by atoms with E-state index in [1.807, 2.05) is 0 Å². The molecular formula is C29H62N2O5S. The Balaban J connectivity index is 0. The van der Waals surface area contributed by atoms with E-state index in [1.165, 1.54) is 116 Å². The molecule has 37 heavy (non-hydrogen) atoms. The minimum absolute atomic E-state index is 0.229. The van der Waals surface area contributed by atoms with Crippen LogP contribution < -0.4 is 5.32 Å². The standard InChI is InChI=1S/C28H58N2O.CH4O4S/c1-6-8-9-10-11-12-13-14-15-16-17-18-19-20-21-22-23-24-25-26-28(31)29-27(7-2)30(3,4)5;1-5-6(2,3)4/h27H,6-26H2,1-5H3;1H3,(H,2,3,4). The summed E-state index contributed by atoms with van der Waals surface area (Å²) < 4.78 is 31.8. The van der Waals surface area contributed by atoms with E-state index >= 15 is 0 Å². The first-order valence-electron chi connectivity index (χ1n) is 15.1. The smallest absolute Gasteiger partial charge is 0.224 e. The van der Waals surface area contributed by atoms with Gasteiger partial charge >= 0.3 is 0 Å². The molecule has 1 unspecified atom stereocenters. The topological polar surface area (TPSA) is 95.5 Å². The van der Waals surface area contributed by atoms with Gasteiger partial charge in [0.15, 0.2) is 6.17 Å². The van der Waals surface area contributed by atoms with E-state index in [0.29, 0.717) is 6.42 Å². The lowest BCUT2D eigenvalue weighted by Gasteiger charge is -2.33. The summed E-state index contributed by atoms with van der Waals surface area (Å²) in [5, 5.41) is 3.20. The Kier molecular flexibility index (Phi) is 26.6. The molecule has 0 radical (unpaired) electrons. The van der Waals surface area contributed by atoms with E-state index in [1.54, 1.807) is 0 Å². The molecule has 0 saturated carbocycles. The van der Waals surface area contributed by atoms with Crippen molar-refractivity contribution in [2.75, 3.05) is 28.3 Å². The Hall–Kier alpha value is -0.700. The van der Waals surface area contributed by atoms with E-state index in [2.05, 4.69) is 44.5 Å². The molecule has 0 aromatic rings. The Morgan fingerprint density at radius 1 is 0.703 bits per heavy atom. The second kappa shape index (κ2) is 25.6. The molecule has 0 heterocycles. The quantitative estimate of drug-likeness (QED) is 0.0442. The highest BCUT2D eigenvalue weighted by atomic mass is 32.3. The highest BCUT2D eigenvalue weighted by molar-refractivity contribution is 7.80. The van der Waals surface area contributed by atoms with Gasteiger partial charge in [0.2, 0.25) is 16.3 Å². The summed E-state index contributed by atoms with van der Waals surface area (Å²) in [5.41, 5.74) is 0. The molecule has 0 aromatic carbocycles. The maximum Gasteiger partial charge on any atom is 0.224 e. The van der Waals surface area contributed by atoms with E-state index in [4.69, 9.17) is 0 Å². The third-order valence-electron chi connectivity index (χ3n) is 6.86. The summed E-state index contributed by atoms with van der Waals surface area (Å²) in [6, 6.07) is 0. The van der Waals surface area contributed by atoms with Crippen LogP contribution >= 0.6 is 0 Å². The minimum Gasteiger partial charge on any atom is -0.726 e. The molecule has 7 nitrogen and oxygen atoms in total. The Morgan fingerprint density at radius 2 is 1.00 bits per heavy atom. The highest BCUT2D eigenvalue weighted by Crippen LogP contribution is 2.15. The number of nitrogens with zero attached hydrogens (tertiary/aromatic N) is 1. The van der Waals surface area contributed by atoms with Gasteiger partial charge in [0.25, 0.3) is 0 Å². The SMILES string of the molecule is CCCCCCCCCCCCCCCCCCCCCC(=O)NC(CC)[N+](C)(C)C.COS(=O)(=O)[O-]. The summed E-state index contributed by atoms with van der Waals surface area (Å²) in [6.07, 6.45) is 28.3. The summed E-state index contributed by atoms with van der Waals surface area (Å²) in [7, 11) is 2.83. The number of rotatable bonds is 24. The lowest BCUT2D eigenvalue weighted by molar-refractivity contribution is -0.898. The zero-order valence-corrected chi connectivity index (χ0v) is 26.1. The van der Waals surface area contributed by atoms with Crippen molar-refractivity contribution in [3.05, 3.63) is 0 Å². The Labute approximate surface area is 231 Å². The van der Waals surface area contributed by atoms with Crippen molar-refractivity contribution in [2.24, 2.45) is 0 Å². The fourth-order valence-electron chi connectivity index (χ4n) is 4.47. The fraction of sp³-hybridized carbons (Fsp3) is 0.966. The maximum absolute atomic E-state index is 12.1. The van der Waals surface area contributed by atoms with Crippen LogP contribution in [0, 0.1) is 0 Å². The molecule has 0 aromatic heterocycles. The van der Waals surface area contributed by atoms with Crippen LogP contribution in [0.2, 0.25) is 0 Å². The number of amides is 1. The van der Waals surface area contributed by atoms with Gasteiger partial charge < -0.3 is 14.4 Å². The van der Waals surface area contributed by atoms with Gasteiger partial charge in [0.1, 0.15) is 0 Å². The molecular weight excluding hydrogens is 488 g/mol. The first-order chi connectivity index (χ1) is 17.5. The van der Waals surface area contributed by atoms with Gasteiger partial charge in [-0.05, 0) is 6.42 Å². The number of unbranched alkanes of at least 4 members (excludes halogenated alkanes) is 18. The van der Waals surface area contributed by atoms with Crippen LogP contribution in [-0.4, -0.2) is 57.8 Å². The predicted molar refractivity (Wildman–Crippen MR) is 155 cm³/mol. The average molecular weight is 551 g/mol. The monoisotopic (exact) mass is 550 g/mol. The second-order valence-corrected chi connectivity index (χ2v) is 12.4. The normalized spacial score (nSPS) is 12.6. The molecule has 0 fully saturated rings. The third-order valence-corrected chi connectivity index (χ3v) is 7.27. The first kappa shape index (κ1) is 38.4. The van der Waals surface area contributed by atoms with Gasteiger partial charge in [-0.3, -0.25) is 8.98 Å². The van der Waals surface area contributed by atoms with Crippen LogP contribution in [0.4, 0.5) is 0 Å². The zero-order chi connectivity index (χ0) is 28.4. The van der Waals surface area contributed by atoms with Crippen molar-refractivity contribution in [1.29, 1.82) is 0 Å². The van der Waals surface area contributed by atoms with Crippen molar-refractivity contribution in [3.8, 4) is 0 Å². The number of quaternary nitrogens is 1. The lowest BCUT2D eigenvalue weighted by atomic mass is 10.0. The molecule has 1 N–H and O–H groups in total. The first-order valence-corrected chi connectivity index (χ1v) is 16.4. The molecule has 0 aliphatic carbocycles. The zero-order valence-electron chi connectivity index (χ0n) is 25.3. The molecule has 0 rings (SSSR count). The number of carbonyl (C=O) groups excluding carboxylic acids is 1. The molecule has 1 amide bonds. The third kappa shape index (κ3) is 31.4. The van der Waals surface area contributed by atoms with E-state index in [-0.39, 0.29) is 12.1 Å². The van der Waals surface area contributed by atoms with Gasteiger partial charge in [-0.25, -0.2) is 8.42 Å². The molecule has 0 saturated heterocycles. The number of carbonyl (C=O) groups is 1. The van der Waals surface area contributed by atoms with Crippen LogP contribution in [0.5, 0.6) is 0 Å². The predicted octanol–water partition coefficient (Wildman–Crippen LogP) is 7.46. The van der Waals surface area contributed by atoms with Crippen LogP contribution in [0.1, 0.15) is 149 Å². The van der Waals surface area contributed by atoms with Gasteiger partial charge in [0, 0.05) is 12.8 Å². The van der Waals surface area contributed by atoms with Gasteiger partial charge in [-0.15, -0.1) is 0 Å². The number of hydrogen-bond acceptors (Lipinski definition) is 5. The summed E-state index contributed by atoms with van der Waals surface area (Å²) >= 11 is 0. The highest BCUT2D eigenvalue weighted by Gasteiger charge is 2.22. The molecule has 0 aliphatic rings. The largest absolute Gasteiger partial charge is 0.726 e. The van der Waals surface area contributed by atoms with Gasteiger partial charge in [-0.2, -0.15) is 0 Å². The van der Waals surface area contributed by atoms with Crippen LogP contribution in [0.15, 0.2) is 0 Å². The van der Waals surface area contributed by atoms with Crippen molar-refractivity contribution >= 4 is 16.3 Å². The van der Waals surface area contributed by atoms with E-state index in [9.17, 15) is 17.8 Å². The van der Waals surface area contributed by atoms with Crippen molar-refractivity contribution < 1.29 is 26.4 Å². The number of nitrogens with one attached hydrogen (secondary N) is 1. The summed E-state index contributed by atoms with van der Waals surface area (Å²) in [6.45, 7) is 4.44. The Morgan fingerprint density at radius 3 is 1.24 bits per heavy atom. The Bertz CT molecular complexity index is 606. The molecule has 8 heteroatoms. The second-order valence-electron chi connectivity index (χ2n) is 11.3. The molecule has 224 valence electrons. The van der Waals surface area contributed by atoms with E-state index < -0.39 is 10.4 Å². The van der Waals surface area contributed by atoms with Crippen LogP contribution in [0.3, 0.4) is 0 Å². The summed E-state index contributed by atoms with van der Waals surface area (Å²) in [4.78, 5) is 12.1. The summed E-state index contributed by atoms with van der Waals surface area (Å²) in [5.74, 6) is 0.229. The molecule has 0 bridgehead atoms. The lowest BCUT2D eigenvalue weighted by Crippen LogP contribution is -2.54. The van der Waals surface area contributed by atoms with E-state index in [0.717, 1.165) is 24.4 Å². The van der Waals surface area contributed by atoms with Crippen LogP contribution in [0.25, 0.3) is 0 Å². The molecule has 1 atom stereocenters. The van der Waals surface area contributed by atoms with Crippen molar-refractivity contribution in [2.45, 2.75) is 155 Å². The van der Waals surface area contributed by atoms with Gasteiger partial charge in [-0.1, -0.05) is 129 Å². The molecule has 0 aliphatic heterocycles. The van der Waals surface area contributed by atoms with Crippen molar-refractivity contribution in [3.63, 3.8) is 0 Å². The van der Waals surface area contributed by atoms with Gasteiger partial charge in [0.05, 0.1) is 28.3 Å². The minimum atomic E-state index is -4.41.